The minimum atomic E-state index is 0. The molecule has 2 saturated heterocycles. The van der Waals surface area contributed by atoms with E-state index in [2.05, 4.69) is 21.7 Å². The third-order valence-electron chi connectivity index (χ3n) is 4.12. The zero-order valence-electron chi connectivity index (χ0n) is 12.6. The van der Waals surface area contributed by atoms with Gasteiger partial charge < -0.3 is 15.4 Å². The minimum absolute atomic E-state index is 0. The number of nitrogens with two attached hydrogens (primary N) is 1. The summed E-state index contributed by atoms with van der Waals surface area (Å²) in [7, 11) is 0. The fourth-order valence-corrected chi connectivity index (χ4v) is 2.76. The van der Waals surface area contributed by atoms with Crippen molar-refractivity contribution in [3.05, 3.63) is 0 Å². The predicted octanol–water partition coefficient (Wildman–Crippen LogP) is 1.52. The number of ether oxygens (including phenoxy) is 1. The number of likely N-dealkylation sites (tertiary alicyclic amines) is 1. The number of nitrogens with zero attached hydrogens (tertiary/aromatic N) is 3. The Morgan fingerprint density at radius 3 is 2.30 bits per heavy atom. The molecular weight excluding hydrogens is 367 g/mol. The van der Waals surface area contributed by atoms with Gasteiger partial charge in [0.2, 0.25) is 0 Å². The molecule has 2 aliphatic rings. The summed E-state index contributed by atoms with van der Waals surface area (Å²) in [4.78, 5) is 9.28. The van der Waals surface area contributed by atoms with Crippen LogP contribution >= 0.6 is 24.0 Å². The summed E-state index contributed by atoms with van der Waals surface area (Å²) < 4.78 is 5.37. The Morgan fingerprint density at radius 1 is 1.10 bits per heavy atom. The van der Waals surface area contributed by atoms with Crippen molar-refractivity contribution in [3.63, 3.8) is 0 Å². The van der Waals surface area contributed by atoms with Crippen LogP contribution in [-0.2, 0) is 4.74 Å². The van der Waals surface area contributed by atoms with Crippen molar-refractivity contribution in [2.45, 2.75) is 38.6 Å². The number of aliphatic imine (C=N–C) groups is 1. The van der Waals surface area contributed by atoms with E-state index in [1.165, 1.54) is 25.7 Å². The molecule has 0 spiro atoms. The number of rotatable bonds is 3. The second-order valence-corrected chi connectivity index (χ2v) is 5.60. The monoisotopic (exact) mass is 396 g/mol. The maximum atomic E-state index is 6.13. The summed E-state index contributed by atoms with van der Waals surface area (Å²) in [5.41, 5.74) is 6.13. The Hall–Kier alpha value is -0.0800. The summed E-state index contributed by atoms with van der Waals surface area (Å²) >= 11 is 0. The molecule has 2 aliphatic heterocycles. The van der Waals surface area contributed by atoms with Gasteiger partial charge in [-0.1, -0.05) is 12.8 Å². The van der Waals surface area contributed by atoms with Crippen LogP contribution in [0.15, 0.2) is 4.99 Å². The van der Waals surface area contributed by atoms with Gasteiger partial charge in [-0.25, -0.2) is 0 Å². The quantitative estimate of drug-likeness (QED) is 0.447. The van der Waals surface area contributed by atoms with Crippen molar-refractivity contribution in [1.29, 1.82) is 0 Å². The molecule has 6 heteroatoms. The lowest BCUT2D eigenvalue weighted by Gasteiger charge is -2.31. The number of hydrogen-bond acceptors (Lipinski definition) is 3. The Bertz CT molecular complexity index is 287. The predicted molar refractivity (Wildman–Crippen MR) is 93.8 cm³/mol. The van der Waals surface area contributed by atoms with E-state index in [0.717, 1.165) is 51.9 Å². The molecule has 0 radical (unpaired) electrons. The maximum absolute atomic E-state index is 6.13. The SMILES string of the molecule is CC(CN=C(N)N1CCCCCC1)N1CCOCC1.I. The zero-order valence-corrected chi connectivity index (χ0v) is 14.9. The van der Waals surface area contributed by atoms with Crippen molar-refractivity contribution < 1.29 is 4.74 Å². The fourth-order valence-electron chi connectivity index (χ4n) is 2.76. The van der Waals surface area contributed by atoms with E-state index >= 15 is 0 Å². The Kier molecular flexibility index (Phi) is 8.79. The molecule has 0 aromatic rings. The second kappa shape index (κ2) is 9.78. The van der Waals surface area contributed by atoms with Crippen LogP contribution in [-0.4, -0.2) is 67.7 Å². The van der Waals surface area contributed by atoms with Crippen molar-refractivity contribution in [2.75, 3.05) is 45.9 Å². The molecule has 2 N–H and O–H groups in total. The van der Waals surface area contributed by atoms with Crippen LogP contribution in [0.3, 0.4) is 0 Å². The molecule has 0 amide bonds. The van der Waals surface area contributed by atoms with Crippen LogP contribution in [0.2, 0.25) is 0 Å². The summed E-state index contributed by atoms with van der Waals surface area (Å²) in [6.45, 7) is 8.88. The maximum Gasteiger partial charge on any atom is 0.191 e. The van der Waals surface area contributed by atoms with Gasteiger partial charge in [0.25, 0.3) is 0 Å². The highest BCUT2D eigenvalue weighted by Crippen LogP contribution is 2.09. The molecule has 0 aromatic heterocycles. The third-order valence-corrected chi connectivity index (χ3v) is 4.12. The Labute approximate surface area is 139 Å². The van der Waals surface area contributed by atoms with Gasteiger partial charge in [0.05, 0.1) is 19.8 Å². The first-order valence-corrected chi connectivity index (χ1v) is 7.64. The minimum Gasteiger partial charge on any atom is -0.379 e. The zero-order chi connectivity index (χ0) is 13.5. The Morgan fingerprint density at radius 2 is 1.70 bits per heavy atom. The first-order valence-electron chi connectivity index (χ1n) is 7.64. The van der Waals surface area contributed by atoms with Crippen molar-refractivity contribution >= 4 is 29.9 Å². The average Bonchev–Trinajstić information content (AvgIpc) is 2.74. The van der Waals surface area contributed by atoms with Gasteiger partial charge >= 0.3 is 0 Å². The smallest absolute Gasteiger partial charge is 0.191 e. The fraction of sp³-hybridized carbons (Fsp3) is 0.929. The summed E-state index contributed by atoms with van der Waals surface area (Å²) in [5.74, 6) is 0.738. The molecule has 2 heterocycles. The van der Waals surface area contributed by atoms with Gasteiger partial charge in [-0.15, -0.1) is 24.0 Å². The highest BCUT2D eigenvalue weighted by atomic mass is 127. The summed E-state index contributed by atoms with van der Waals surface area (Å²) in [6.07, 6.45) is 5.15. The molecule has 1 atom stereocenters. The molecule has 118 valence electrons. The summed E-state index contributed by atoms with van der Waals surface area (Å²) in [6, 6.07) is 0.453. The van der Waals surface area contributed by atoms with Gasteiger partial charge in [-0.2, -0.15) is 0 Å². The first-order chi connectivity index (χ1) is 9.27. The molecule has 1 unspecified atom stereocenters. The van der Waals surface area contributed by atoms with Crippen LogP contribution < -0.4 is 5.73 Å². The topological polar surface area (TPSA) is 54.1 Å². The lowest BCUT2D eigenvalue weighted by atomic mass is 10.2. The van der Waals surface area contributed by atoms with E-state index in [9.17, 15) is 0 Å². The number of morpholine rings is 1. The molecule has 5 nitrogen and oxygen atoms in total. The lowest BCUT2D eigenvalue weighted by molar-refractivity contribution is 0.0220. The van der Waals surface area contributed by atoms with E-state index in [4.69, 9.17) is 10.5 Å². The van der Waals surface area contributed by atoms with E-state index in [1.807, 2.05) is 0 Å². The van der Waals surface area contributed by atoms with Crippen LogP contribution in [0.4, 0.5) is 0 Å². The largest absolute Gasteiger partial charge is 0.379 e. The van der Waals surface area contributed by atoms with Crippen LogP contribution in [0.25, 0.3) is 0 Å². The van der Waals surface area contributed by atoms with Crippen molar-refractivity contribution in [3.8, 4) is 0 Å². The molecule has 20 heavy (non-hydrogen) atoms. The molecule has 0 aromatic carbocycles. The van der Waals surface area contributed by atoms with Crippen molar-refractivity contribution in [1.82, 2.24) is 9.80 Å². The molecule has 0 aliphatic carbocycles. The molecule has 2 fully saturated rings. The first kappa shape index (κ1) is 18.0. The number of guanidine groups is 1. The second-order valence-electron chi connectivity index (χ2n) is 5.60. The van der Waals surface area contributed by atoms with Gasteiger partial charge in [0.1, 0.15) is 0 Å². The highest BCUT2D eigenvalue weighted by molar-refractivity contribution is 14.0. The van der Waals surface area contributed by atoms with Crippen LogP contribution in [0.1, 0.15) is 32.6 Å². The molecule has 0 bridgehead atoms. The average molecular weight is 396 g/mol. The lowest BCUT2D eigenvalue weighted by Crippen LogP contribution is -2.44. The molecule has 2 rings (SSSR count). The van der Waals surface area contributed by atoms with Gasteiger partial charge in [-0.05, 0) is 19.8 Å². The standard InChI is InChI=1S/C14H28N4O.HI/c1-13(17-8-10-19-11-9-17)12-16-14(15)18-6-4-2-3-5-7-18;/h13H,2-12H2,1H3,(H2,15,16);1H. The molecule has 0 saturated carbocycles. The van der Waals surface area contributed by atoms with E-state index < -0.39 is 0 Å². The highest BCUT2D eigenvalue weighted by Gasteiger charge is 2.17. The van der Waals surface area contributed by atoms with Gasteiger partial charge in [0.15, 0.2) is 5.96 Å². The Balaban J connectivity index is 0.00000200. The van der Waals surface area contributed by atoms with E-state index in [1.54, 1.807) is 0 Å². The number of halogens is 1. The van der Waals surface area contributed by atoms with E-state index in [-0.39, 0.29) is 24.0 Å². The van der Waals surface area contributed by atoms with E-state index in [0.29, 0.717) is 6.04 Å². The summed E-state index contributed by atoms with van der Waals surface area (Å²) in [5, 5.41) is 0. The third kappa shape index (κ3) is 5.73. The van der Waals surface area contributed by atoms with Gasteiger partial charge in [0, 0.05) is 32.2 Å². The van der Waals surface area contributed by atoms with Crippen LogP contribution in [0.5, 0.6) is 0 Å². The van der Waals surface area contributed by atoms with Gasteiger partial charge in [-0.3, -0.25) is 9.89 Å². The van der Waals surface area contributed by atoms with Crippen molar-refractivity contribution in [2.24, 2.45) is 10.7 Å². The molecular formula is C14H29IN4O. The number of hydrogen-bond donors (Lipinski definition) is 1. The normalized spacial score (nSPS) is 23.9. The van der Waals surface area contributed by atoms with Crippen LogP contribution in [0, 0.1) is 0 Å².